The molecule has 24 heavy (non-hydrogen) atoms. The molecule has 0 aliphatic heterocycles. The average molecular weight is 385 g/mol. The third kappa shape index (κ3) is 4.80. The second kappa shape index (κ2) is 8.28. The number of anilines is 1. The number of nitrogens with one attached hydrogen (secondary N) is 1. The van der Waals surface area contributed by atoms with Crippen LogP contribution >= 0.6 is 34.5 Å². The number of carbonyl (C=O) groups excluding carboxylic acids is 2. The number of rotatable bonds is 5. The SMILES string of the molecule is CCOC(=O)c1sc(NC(=O)/C=C/c2ccc(Cl)cc2Cl)nc1C. The molecule has 1 heterocycles. The van der Waals surface area contributed by atoms with Crippen LogP contribution in [-0.4, -0.2) is 23.5 Å². The molecule has 5 nitrogen and oxygen atoms in total. The van der Waals surface area contributed by atoms with Crippen LogP contribution < -0.4 is 5.32 Å². The van der Waals surface area contributed by atoms with Crippen molar-refractivity contribution >= 4 is 57.6 Å². The fraction of sp³-hybridized carbons (Fsp3) is 0.188. The number of thiazole rings is 1. The molecule has 0 fully saturated rings. The Bertz CT molecular complexity index is 803. The normalized spacial score (nSPS) is 10.8. The number of carbonyl (C=O) groups is 2. The summed E-state index contributed by atoms with van der Waals surface area (Å²) in [6.45, 7) is 3.69. The number of hydrogen-bond donors (Lipinski definition) is 1. The zero-order valence-electron chi connectivity index (χ0n) is 12.9. The van der Waals surface area contributed by atoms with Gasteiger partial charge in [0.2, 0.25) is 5.91 Å². The first-order chi connectivity index (χ1) is 11.4. The van der Waals surface area contributed by atoms with Gasteiger partial charge in [-0.2, -0.15) is 0 Å². The van der Waals surface area contributed by atoms with E-state index in [1.165, 1.54) is 6.08 Å². The van der Waals surface area contributed by atoms with Crippen LogP contribution in [0.4, 0.5) is 5.13 Å². The number of amides is 1. The van der Waals surface area contributed by atoms with Crippen molar-refractivity contribution < 1.29 is 14.3 Å². The molecule has 0 saturated carbocycles. The molecular weight excluding hydrogens is 371 g/mol. The van der Waals surface area contributed by atoms with E-state index < -0.39 is 5.97 Å². The predicted octanol–water partition coefficient (Wildman–Crippen LogP) is 4.59. The number of benzene rings is 1. The van der Waals surface area contributed by atoms with Crippen molar-refractivity contribution in [3.8, 4) is 0 Å². The van der Waals surface area contributed by atoms with E-state index in [1.54, 1.807) is 38.1 Å². The maximum absolute atomic E-state index is 12.0. The maximum Gasteiger partial charge on any atom is 0.350 e. The lowest BCUT2D eigenvalue weighted by atomic mass is 10.2. The number of aryl methyl sites for hydroxylation is 1. The molecule has 0 unspecified atom stereocenters. The first-order valence-electron chi connectivity index (χ1n) is 6.99. The van der Waals surface area contributed by atoms with Gasteiger partial charge in [-0.05, 0) is 37.6 Å². The van der Waals surface area contributed by atoms with Crippen LogP contribution in [-0.2, 0) is 9.53 Å². The monoisotopic (exact) mass is 384 g/mol. The number of ether oxygens (including phenoxy) is 1. The molecule has 0 atom stereocenters. The van der Waals surface area contributed by atoms with Crippen LogP contribution in [0.3, 0.4) is 0 Å². The minimum absolute atomic E-state index is 0.280. The van der Waals surface area contributed by atoms with E-state index in [-0.39, 0.29) is 12.5 Å². The lowest BCUT2D eigenvalue weighted by Gasteiger charge is -1.99. The molecule has 1 aromatic heterocycles. The average Bonchev–Trinajstić information content (AvgIpc) is 2.87. The molecular formula is C16H14Cl2N2O3S. The van der Waals surface area contributed by atoms with Gasteiger partial charge in [-0.1, -0.05) is 40.6 Å². The first kappa shape index (κ1) is 18.4. The molecule has 0 aliphatic rings. The largest absolute Gasteiger partial charge is 0.462 e. The lowest BCUT2D eigenvalue weighted by molar-refractivity contribution is -0.111. The van der Waals surface area contributed by atoms with Crippen molar-refractivity contribution in [1.29, 1.82) is 0 Å². The molecule has 1 amide bonds. The summed E-state index contributed by atoms with van der Waals surface area (Å²) in [6, 6.07) is 4.98. The van der Waals surface area contributed by atoms with Crippen LogP contribution in [0, 0.1) is 6.92 Å². The van der Waals surface area contributed by atoms with Crippen LogP contribution in [0.2, 0.25) is 10.0 Å². The quantitative estimate of drug-likeness (QED) is 0.604. The van der Waals surface area contributed by atoms with E-state index in [0.717, 1.165) is 11.3 Å². The van der Waals surface area contributed by atoms with Crippen molar-refractivity contribution in [2.45, 2.75) is 13.8 Å². The van der Waals surface area contributed by atoms with Crippen molar-refractivity contribution in [2.75, 3.05) is 11.9 Å². The third-order valence-corrected chi connectivity index (χ3v) is 4.48. The second-order valence-electron chi connectivity index (χ2n) is 4.64. The molecule has 1 N–H and O–H groups in total. The molecule has 2 aromatic rings. The summed E-state index contributed by atoms with van der Waals surface area (Å²) in [5.41, 5.74) is 1.18. The van der Waals surface area contributed by atoms with Crippen molar-refractivity contribution in [1.82, 2.24) is 4.98 Å². The predicted molar refractivity (Wildman–Crippen MR) is 96.9 cm³/mol. The molecule has 2 rings (SSSR count). The second-order valence-corrected chi connectivity index (χ2v) is 6.49. The standard InChI is InChI=1S/C16H14Cl2N2O3S/c1-3-23-15(22)14-9(2)19-16(24-14)20-13(21)7-5-10-4-6-11(17)8-12(10)18/h4-8H,3H2,1-2H3,(H,19,20,21)/b7-5+. The summed E-state index contributed by atoms with van der Waals surface area (Å²) >= 11 is 12.9. The highest BCUT2D eigenvalue weighted by Crippen LogP contribution is 2.24. The Balaban J connectivity index is 2.06. The summed E-state index contributed by atoms with van der Waals surface area (Å²) < 4.78 is 4.93. The van der Waals surface area contributed by atoms with Crippen LogP contribution in [0.5, 0.6) is 0 Å². The van der Waals surface area contributed by atoms with Crippen molar-refractivity contribution in [3.05, 3.63) is 50.5 Å². The Morgan fingerprint density at radius 3 is 2.79 bits per heavy atom. The summed E-state index contributed by atoms with van der Waals surface area (Å²) in [5, 5.41) is 3.90. The van der Waals surface area contributed by atoms with E-state index in [0.29, 0.717) is 31.3 Å². The van der Waals surface area contributed by atoms with Gasteiger partial charge in [-0.25, -0.2) is 9.78 Å². The Morgan fingerprint density at radius 2 is 2.12 bits per heavy atom. The van der Waals surface area contributed by atoms with Gasteiger partial charge in [-0.3, -0.25) is 10.1 Å². The van der Waals surface area contributed by atoms with Gasteiger partial charge in [0.15, 0.2) is 5.13 Å². The molecule has 0 spiro atoms. The van der Waals surface area contributed by atoms with Crippen molar-refractivity contribution in [2.24, 2.45) is 0 Å². The van der Waals surface area contributed by atoms with Crippen LogP contribution in [0.15, 0.2) is 24.3 Å². The molecule has 0 aliphatic carbocycles. The van der Waals surface area contributed by atoms with Gasteiger partial charge in [0.1, 0.15) is 4.88 Å². The summed E-state index contributed by atoms with van der Waals surface area (Å²) in [7, 11) is 0. The van der Waals surface area contributed by atoms with Crippen molar-refractivity contribution in [3.63, 3.8) is 0 Å². The highest BCUT2D eigenvalue weighted by molar-refractivity contribution is 7.17. The fourth-order valence-electron chi connectivity index (χ4n) is 1.79. The number of nitrogens with zero attached hydrogens (tertiary/aromatic N) is 1. The Hall–Kier alpha value is -1.89. The van der Waals surface area contributed by atoms with E-state index in [2.05, 4.69) is 10.3 Å². The van der Waals surface area contributed by atoms with Gasteiger partial charge < -0.3 is 4.74 Å². The first-order valence-corrected chi connectivity index (χ1v) is 8.56. The Kier molecular flexibility index (Phi) is 6.36. The third-order valence-electron chi connectivity index (χ3n) is 2.86. The van der Waals surface area contributed by atoms with E-state index in [4.69, 9.17) is 27.9 Å². The van der Waals surface area contributed by atoms with Gasteiger partial charge in [0, 0.05) is 16.1 Å². The van der Waals surface area contributed by atoms with Crippen LogP contribution in [0.25, 0.3) is 6.08 Å². The van der Waals surface area contributed by atoms with E-state index >= 15 is 0 Å². The lowest BCUT2D eigenvalue weighted by Crippen LogP contribution is -2.07. The van der Waals surface area contributed by atoms with E-state index in [9.17, 15) is 9.59 Å². The summed E-state index contributed by atoms with van der Waals surface area (Å²) in [4.78, 5) is 28.2. The van der Waals surface area contributed by atoms with E-state index in [1.807, 2.05) is 0 Å². The minimum atomic E-state index is -0.448. The Labute approximate surface area is 153 Å². The topological polar surface area (TPSA) is 68.3 Å². The zero-order chi connectivity index (χ0) is 17.7. The molecule has 1 aromatic carbocycles. The maximum atomic E-state index is 12.0. The highest BCUT2D eigenvalue weighted by atomic mass is 35.5. The highest BCUT2D eigenvalue weighted by Gasteiger charge is 2.16. The number of esters is 1. The molecule has 0 bridgehead atoms. The number of hydrogen-bond acceptors (Lipinski definition) is 5. The number of halogens is 2. The number of aromatic nitrogens is 1. The molecule has 0 radical (unpaired) electrons. The zero-order valence-corrected chi connectivity index (χ0v) is 15.3. The van der Waals surface area contributed by atoms with Gasteiger partial charge in [0.05, 0.1) is 12.3 Å². The molecule has 0 saturated heterocycles. The van der Waals surface area contributed by atoms with Crippen LogP contribution in [0.1, 0.15) is 27.9 Å². The minimum Gasteiger partial charge on any atom is -0.462 e. The molecule has 8 heteroatoms. The van der Waals surface area contributed by atoms with Gasteiger partial charge in [0.25, 0.3) is 0 Å². The van der Waals surface area contributed by atoms with Gasteiger partial charge in [-0.15, -0.1) is 0 Å². The molecule has 126 valence electrons. The smallest absolute Gasteiger partial charge is 0.350 e. The van der Waals surface area contributed by atoms with Gasteiger partial charge >= 0.3 is 5.97 Å². The Morgan fingerprint density at radius 1 is 1.38 bits per heavy atom. The summed E-state index contributed by atoms with van der Waals surface area (Å²) in [5.74, 6) is -0.832. The fourth-order valence-corrected chi connectivity index (χ4v) is 3.12. The summed E-state index contributed by atoms with van der Waals surface area (Å²) in [6.07, 6.45) is 2.90.